The number of anilines is 1. The molecule has 0 aromatic carbocycles. The Bertz CT molecular complexity index is 674. The molecule has 0 radical (unpaired) electrons. The van der Waals surface area contributed by atoms with Gasteiger partial charge < -0.3 is 5.32 Å². The van der Waals surface area contributed by atoms with Gasteiger partial charge in [-0.25, -0.2) is 0 Å². The predicted octanol–water partition coefficient (Wildman–Crippen LogP) is 3.16. The van der Waals surface area contributed by atoms with E-state index in [0.29, 0.717) is 10.9 Å². The molecule has 2 aromatic rings. The van der Waals surface area contributed by atoms with Crippen LogP contribution in [0.4, 0.5) is 5.82 Å². The average molecular weight is 304 g/mol. The lowest BCUT2D eigenvalue weighted by molar-refractivity contribution is 0.0104. The molecule has 21 heavy (non-hydrogen) atoms. The van der Waals surface area contributed by atoms with Crippen molar-refractivity contribution in [2.24, 2.45) is 17.8 Å². The number of fused-ring (bicyclic) bond motifs is 1. The van der Waals surface area contributed by atoms with Crippen molar-refractivity contribution in [1.29, 1.82) is 0 Å². The molecule has 0 atom stereocenters. The van der Waals surface area contributed by atoms with E-state index in [4.69, 9.17) is 11.6 Å². The number of nitrogens with zero attached hydrogens (tertiary/aromatic N) is 4. The van der Waals surface area contributed by atoms with E-state index < -0.39 is 0 Å². The molecule has 0 spiro atoms. The maximum Gasteiger partial charge on any atom is 0.255 e. The third-order valence-electron chi connectivity index (χ3n) is 5.65. The molecule has 0 aliphatic heterocycles. The molecule has 110 valence electrons. The van der Waals surface area contributed by atoms with Crippen LogP contribution in [0.15, 0.2) is 12.4 Å². The van der Waals surface area contributed by atoms with Crippen LogP contribution >= 0.6 is 11.6 Å². The third kappa shape index (κ3) is 1.86. The maximum absolute atomic E-state index is 6.13. The van der Waals surface area contributed by atoms with Crippen molar-refractivity contribution in [3.8, 4) is 0 Å². The van der Waals surface area contributed by atoms with Gasteiger partial charge in [-0.05, 0) is 56.3 Å². The second-order valence-electron chi connectivity index (χ2n) is 7.26. The summed E-state index contributed by atoms with van der Waals surface area (Å²) in [6.07, 6.45) is 9.72. The average Bonchev–Trinajstić information content (AvgIpc) is 2.84. The lowest BCUT2D eigenvalue weighted by atomic mass is 9.53. The minimum Gasteiger partial charge on any atom is -0.364 e. The van der Waals surface area contributed by atoms with Crippen molar-refractivity contribution in [3.63, 3.8) is 0 Å². The number of halogens is 1. The molecular formula is C15H18ClN5. The zero-order valence-electron chi connectivity index (χ0n) is 11.8. The molecule has 1 N–H and O–H groups in total. The molecule has 6 rings (SSSR count). The van der Waals surface area contributed by atoms with Gasteiger partial charge in [-0.3, -0.25) is 0 Å². The van der Waals surface area contributed by atoms with Gasteiger partial charge >= 0.3 is 0 Å². The zero-order valence-corrected chi connectivity index (χ0v) is 12.6. The van der Waals surface area contributed by atoms with Crippen LogP contribution in [0.3, 0.4) is 0 Å². The van der Waals surface area contributed by atoms with E-state index >= 15 is 0 Å². The Kier molecular flexibility index (Phi) is 2.38. The van der Waals surface area contributed by atoms with E-state index in [1.165, 1.54) is 44.9 Å². The van der Waals surface area contributed by atoms with E-state index in [9.17, 15) is 0 Å². The molecular weight excluding hydrogens is 286 g/mol. The van der Waals surface area contributed by atoms with Gasteiger partial charge in [0, 0.05) is 11.6 Å². The van der Waals surface area contributed by atoms with Gasteiger partial charge in [0.05, 0.1) is 0 Å². The fraction of sp³-hybridized carbons (Fsp3) is 0.667. The lowest BCUT2D eigenvalue weighted by Crippen LogP contribution is -2.55. The highest BCUT2D eigenvalue weighted by atomic mass is 35.5. The van der Waals surface area contributed by atoms with Crippen molar-refractivity contribution < 1.29 is 0 Å². The van der Waals surface area contributed by atoms with Gasteiger partial charge in [0.2, 0.25) is 0 Å². The van der Waals surface area contributed by atoms with E-state index in [2.05, 4.69) is 20.4 Å². The van der Waals surface area contributed by atoms with Crippen LogP contribution in [0, 0.1) is 17.8 Å². The minimum atomic E-state index is 0.234. The summed E-state index contributed by atoms with van der Waals surface area (Å²) >= 11 is 6.13. The van der Waals surface area contributed by atoms with Crippen LogP contribution in [-0.2, 0) is 0 Å². The van der Waals surface area contributed by atoms with Crippen molar-refractivity contribution in [3.05, 3.63) is 17.5 Å². The van der Waals surface area contributed by atoms with Crippen molar-refractivity contribution in [1.82, 2.24) is 19.6 Å². The highest BCUT2D eigenvalue weighted by molar-refractivity contribution is 6.29. The summed E-state index contributed by atoms with van der Waals surface area (Å²) in [5, 5.41) is 8.55. The Hall–Kier alpha value is -1.36. The van der Waals surface area contributed by atoms with Crippen LogP contribution in [-0.4, -0.2) is 25.1 Å². The summed E-state index contributed by atoms with van der Waals surface area (Å²) < 4.78 is 1.77. The highest BCUT2D eigenvalue weighted by Gasteiger charge is 2.51. The predicted molar refractivity (Wildman–Crippen MR) is 80.3 cm³/mol. The Balaban J connectivity index is 1.55. The van der Waals surface area contributed by atoms with Gasteiger partial charge in [-0.1, -0.05) is 11.6 Å². The summed E-state index contributed by atoms with van der Waals surface area (Å²) in [4.78, 5) is 8.36. The third-order valence-corrected chi connectivity index (χ3v) is 5.85. The molecule has 0 saturated heterocycles. The summed E-state index contributed by atoms with van der Waals surface area (Å²) in [6, 6.07) is 1.88. The van der Waals surface area contributed by atoms with Gasteiger partial charge in [-0.2, -0.15) is 19.6 Å². The first-order valence-electron chi connectivity index (χ1n) is 7.84. The van der Waals surface area contributed by atoms with Crippen LogP contribution < -0.4 is 5.32 Å². The number of hydrogen-bond acceptors (Lipinski definition) is 4. The molecule has 2 aromatic heterocycles. The van der Waals surface area contributed by atoms with Crippen molar-refractivity contribution in [2.75, 3.05) is 5.32 Å². The summed E-state index contributed by atoms with van der Waals surface area (Å²) in [5.74, 6) is 4.23. The molecule has 4 fully saturated rings. The van der Waals surface area contributed by atoms with Crippen LogP contribution in [0.1, 0.15) is 38.5 Å². The van der Waals surface area contributed by atoms with Gasteiger partial charge in [-0.15, -0.1) is 0 Å². The zero-order chi connectivity index (χ0) is 14.0. The molecule has 4 aliphatic carbocycles. The topological polar surface area (TPSA) is 55.1 Å². The highest BCUT2D eigenvalue weighted by Crippen LogP contribution is 2.56. The molecule has 4 saturated carbocycles. The molecule has 4 bridgehead atoms. The van der Waals surface area contributed by atoms with Gasteiger partial charge in [0.15, 0.2) is 0 Å². The Morgan fingerprint density at radius 2 is 1.81 bits per heavy atom. The summed E-state index contributed by atoms with van der Waals surface area (Å²) in [7, 11) is 0. The lowest BCUT2D eigenvalue weighted by Gasteiger charge is -2.57. The number of aromatic nitrogens is 4. The van der Waals surface area contributed by atoms with E-state index in [-0.39, 0.29) is 5.54 Å². The minimum absolute atomic E-state index is 0.234. The van der Waals surface area contributed by atoms with Gasteiger partial charge in [0.1, 0.15) is 17.3 Å². The van der Waals surface area contributed by atoms with Gasteiger partial charge in [0.25, 0.3) is 5.78 Å². The van der Waals surface area contributed by atoms with Crippen molar-refractivity contribution in [2.45, 2.75) is 44.1 Å². The Labute approximate surface area is 128 Å². The first-order chi connectivity index (χ1) is 10.2. The van der Waals surface area contributed by atoms with Crippen LogP contribution in [0.2, 0.25) is 5.15 Å². The smallest absolute Gasteiger partial charge is 0.255 e. The SMILES string of the molecule is Clc1cc(NC23CC4CC(CC(C4)C2)C3)n2ncnc2n1. The Morgan fingerprint density at radius 1 is 1.14 bits per heavy atom. The van der Waals surface area contributed by atoms with E-state index in [1.54, 1.807) is 4.52 Å². The monoisotopic (exact) mass is 303 g/mol. The molecule has 5 nitrogen and oxygen atoms in total. The normalized spacial score (nSPS) is 37.3. The first kappa shape index (κ1) is 12.2. The van der Waals surface area contributed by atoms with Crippen LogP contribution in [0.25, 0.3) is 5.78 Å². The quantitative estimate of drug-likeness (QED) is 0.866. The molecule has 4 aliphatic rings. The first-order valence-corrected chi connectivity index (χ1v) is 8.21. The fourth-order valence-corrected chi connectivity index (χ4v) is 5.59. The maximum atomic E-state index is 6.13. The Morgan fingerprint density at radius 3 is 2.48 bits per heavy atom. The number of hydrogen-bond donors (Lipinski definition) is 1. The molecule has 0 amide bonds. The number of rotatable bonds is 2. The van der Waals surface area contributed by atoms with Crippen molar-refractivity contribution >= 4 is 23.2 Å². The fourth-order valence-electron chi connectivity index (χ4n) is 5.41. The summed E-state index contributed by atoms with van der Waals surface area (Å²) in [6.45, 7) is 0. The molecule has 2 heterocycles. The summed E-state index contributed by atoms with van der Waals surface area (Å²) in [5.41, 5.74) is 0.234. The largest absolute Gasteiger partial charge is 0.364 e. The second kappa shape index (κ2) is 4.09. The van der Waals surface area contributed by atoms with E-state index in [0.717, 1.165) is 23.6 Å². The van der Waals surface area contributed by atoms with E-state index in [1.807, 2.05) is 6.07 Å². The standard InChI is InChI=1S/C15H18ClN5/c16-12-4-13(21-14(19-12)17-8-18-21)20-15-5-9-1-10(6-15)3-11(2-9)7-15/h4,8-11,20H,1-3,5-7H2. The molecule has 6 heteroatoms. The number of nitrogens with one attached hydrogen (secondary N) is 1. The van der Waals surface area contributed by atoms with Crippen LogP contribution in [0.5, 0.6) is 0 Å². The molecule has 0 unspecified atom stereocenters. The second-order valence-corrected chi connectivity index (χ2v) is 7.65.